The van der Waals surface area contributed by atoms with Crippen molar-refractivity contribution in [2.75, 3.05) is 0 Å². The van der Waals surface area contributed by atoms with E-state index in [4.69, 9.17) is 0 Å². The summed E-state index contributed by atoms with van der Waals surface area (Å²) in [6.07, 6.45) is 0. The summed E-state index contributed by atoms with van der Waals surface area (Å²) in [5, 5.41) is 10.4. The minimum atomic E-state index is -0.234. The Kier molecular flexibility index (Phi) is 3.93. The molecule has 0 aliphatic rings. The Bertz CT molecular complexity index is 600. The molecule has 0 aliphatic carbocycles. The summed E-state index contributed by atoms with van der Waals surface area (Å²) >= 11 is 3.31. The second-order valence-electron chi connectivity index (χ2n) is 5.35. The van der Waals surface area contributed by atoms with E-state index in [1.807, 2.05) is 31.2 Å². The summed E-state index contributed by atoms with van der Waals surface area (Å²) in [7, 11) is 0. The molecule has 1 N–H and O–H groups in total. The predicted molar refractivity (Wildman–Crippen MR) is 76.6 cm³/mol. The number of benzene rings is 2. The van der Waals surface area contributed by atoms with Gasteiger partial charge in [0.15, 0.2) is 0 Å². The molecule has 0 radical (unpaired) electrons. The molecule has 0 heterocycles. The molecule has 2 aromatic rings. The van der Waals surface area contributed by atoms with Crippen molar-refractivity contribution in [3.63, 3.8) is 0 Å². The minimum absolute atomic E-state index is 0.234. The SMILES string of the molecule is Cc1cc([CH]=[Mn])c(O)c(C(C)(C)c2ccccc2)c1. The Labute approximate surface area is 122 Å². The maximum atomic E-state index is 10.4. The first-order valence-corrected chi connectivity index (χ1v) is 6.98. The van der Waals surface area contributed by atoms with Gasteiger partial charge in [-0.2, -0.15) is 0 Å². The van der Waals surface area contributed by atoms with E-state index >= 15 is 0 Å². The van der Waals surface area contributed by atoms with Crippen LogP contribution in [0.4, 0.5) is 0 Å². The summed E-state index contributed by atoms with van der Waals surface area (Å²) in [6, 6.07) is 14.3. The Morgan fingerprint density at radius 2 is 1.74 bits per heavy atom. The van der Waals surface area contributed by atoms with Gasteiger partial charge in [0.1, 0.15) is 0 Å². The molecule has 0 saturated carbocycles. The van der Waals surface area contributed by atoms with Crippen LogP contribution in [-0.2, 0) is 21.0 Å². The van der Waals surface area contributed by atoms with Crippen LogP contribution in [0.25, 0.3) is 0 Å². The molecular weight excluding hydrogens is 275 g/mol. The molecule has 0 spiro atoms. The molecule has 1 nitrogen and oxygen atoms in total. The van der Waals surface area contributed by atoms with E-state index in [2.05, 4.69) is 47.6 Å². The Hall–Kier alpha value is -1.37. The van der Waals surface area contributed by atoms with E-state index in [-0.39, 0.29) is 5.41 Å². The van der Waals surface area contributed by atoms with E-state index in [9.17, 15) is 5.11 Å². The van der Waals surface area contributed by atoms with Crippen molar-refractivity contribution in [2.24, 2.45) is 0 Å². The van der Waals surface area contributed by atoms with Crippen LogP contribution in [0.2, 0.25) is 0 Å². The van der Waals surface area contributed by atoms with Gasteiger partial charge in [-0.05, 0) is 0 Å². The van der Waals surface area contributed by atoms with E-state index in [0.717, 1.165) is 16.7 Å². The van der Waals surface area contributed by atoms with Crippen LogP contribution in [0.5, 0.6) is 5.75 Å². The zero-order chi connectivity index (χ0) is 14.0. The summed E-state index contributed by atoms with van der Waals surface area (Å²) in [5.41, 5.74) is 3.87. The summed E-state index contributed by atoms with van der Waals surface area (Å²) in [5.74, 6) is 0.344. The van der Waals surface area contributed by atoms with Gasteiger partial charge in [-0.3, -0.25) is 0 Å². The first kappa shape index (κ1) is 14.0. The zero-order valence-electron chi connectivity index (χ0n) is 11.4. The third kappa shape index (κ3) is 2.65. The van der Waals surface area contributed by atoms with Crippen molar-refractivity contribution in [1.82, 2.24) is 0 Å². The molecule has 2 rings (SSSR count). The van der Waals surface area contributed by atoms with E-state index in [1.54, 1.807) is 4.92 Å². The number of rotatable bonds is 3. The number of hydrogen-bond acceptors (Lipinski definition) is 1. The van der Waals surface area contributed by atoms with Crippen LogP contribution in [0.3, 0.4) is 0 Å². The van der Waals surface area contributed by atoms with Crippen LogP contribution in [-0.4, -0.2) is 10.0 Å². The second-order valence-corrected chi connectivity index (χ2v) is 5.69. The van der Waals surface area contributed by atoms with Crippen LogP contribution < -0.4 is 0 Å². The summed E-state index contributed by atoms with van der Waals surface area (Å²) in [4.78, 5) is 1.76. The van der Waals surface area contributed by atoms with Crippen LogP contribution >= 0.6 is 0 Å². The molecule has 2 heteroatoms. The van der Waals surface area contributed by atoms with E-state index in [0.29, 0.717) is 5.75 Å². The first-order chi connectivity index (χ1) is 8.96. The molecule has 0 unspecified atom stereocenters. The van der Waals surface area contributed by atoms with Crippen molar-refractivity contribution < 1.29 is 20.7 Å². The molecule has 0 fully saturated rings. The fourth-order valence-electron chi connectivity index (χ4n) is 2.38. The predicted octanol–water partition coefficient (Wildman–Crippen LogP) is 3.72. The van der Waals surface area contributed by atoms with Crippen LogP contribution in [0.1, 0.15) is 36.1 Å². The Balaban J connectivity index is 2.64. The fourth-order valence-corrected chi connectivity index (χ4v) is 2.64. The molecule has 0 aromatic heterocycles. The van der Waals surface area contributed by atoms with Gasteiger partial charge in [-0.15, -0.1) is 0 Å². The van der Waals surface area contributed by atoms with Gasteiger partial charge in [0, 0.05) is 0 Å². The first-order valence-electron chi connectivity index (χ1n) is 6.30. The van der Waals surface area contributed by atoms with Gasteiger partial charge < -0.3 is 0 Å². The molecule has 0 amide bonds. The van der Waals surface area contributed by atoms with Gasteiger partial charge >= 0.3 is 122 Å². The normalized spacial score (nSPS) is 11.3. The van der Waals surface area contributed by atoms with Gasteiger partial charge in [0.2, 0.25) is 0 Å². The number of phenolic OH excluding ortho intramolecular Hbond substituents is 1. The maximum absolute atomic E-state index is 10.4. The van der Waals surface area contributed by atoms with Gasteiger partial charge in [0.25, 0.3) is 0 Å². The molecule has 99 valence electrons. The standard InChI is InChI=1S/C17H18O.Mn/c1-12-10-13(2)16(18)15(11-12)17(3,4)14-8-6-5-7-9-14;/h2,5-11,18H,1,3-4H3;. The van der Waals surface area contributed by atoms with E-state index < -0.39 is 0 Å². The molecule has 0 bridgehead atoms. The van der Waals surface area contributed by atoms with E-state index in [1.165, 1.54) is 5.56 Å². The van der Waals surface area contributed by atoms with Crippen molar-refractivity contribution in [3.05, 3.63) is 64.7 Å². The average molecular weight is 293 g/mol. The summed E-state index contributed by atoms with van der Waals surface area (Å²) < 4.78 is 0. The number of phenols is 1. The molecule has 0 saturated heterocycles. The molecule has 19 heavy (non-hydrogen) atoms. The van der Waals surface area contributed by atoms with Gasteiger partial charge in [0.05, 0.1) is 0 Å². The van der Waals surface area contributed by atoms with Crippen molar-refractivity contribution in [3.8, 4) is 5.75 Å². The Morgan fingerprint density at radius 1 is 1.11 bits per heavy atom. The molecule has 2 aromatic carbocycles. The number of hydrogen-bond donors (Lipinski definition) is 1. The van der Waals surface area contributed by atoms with Crippen LogP contribution in [0.15, 0.2) is 42.5 Å². The number of aromatic hydroxyl groups is 1. The van der Waals surface area contributed by atoms with Gasteiger partial charge in [-0.1, -0.05) is 0 Å². The van der Waals surface area contributed by atoms with Gasteiger partial charge in [-0.25, -0.2) is 0 Å². The van der Waals surface area contributed by atoms with Crippen molar-refractivity contribution >= 4 is 4.92 Å². The summed E-state index contributed by atoms with van der Waals surface area (Å²) in [6.45, 7) is 6.31. The number of aryl methyl sites for hydroxylation is 1. The topological polar surface area (TPSA) is 20.2 Å². The molecule has 0 aliphatic heterocycles. The third-order valence-electron chi connectivity index (χ3n) is 3.57. The third-order valence-corrected chi connectivity index (χ3v) is 3.94. The zero-order valence-corrected chi connectivity index (χ0v) is 12.6. The van der Waals surface area contributed by atoms with Crippen molar-refractivity contribution in [1.29, 1.82) is 0 Å². The van der Waals surface area contributed by atoms with Crippen LogP contribution in [0, 0.1) is 6.92 Å². The van der Waals surface area contributed by atoms with Crippen molar-refractivity contribution in [2.45, 2.75) is 26.2 Å². The Morgan fingerprint density at radius 3 is 2.32 bits per heavy atom. The molecular formula is C17H18MnO. The molecule has 0 atom stereocenters. The fraction of sp³-hybridized carbons (Fsp3) is 0.235. The average Bonchev–Trinajstić information content (AvgIpc) is 2.41. The second kappa shape index (κ2) is 5.32. The quantitative estimate of drug-likeness (QED) is 0.855. The monoisotopic (exact) mass is 293 g/mol.